The molecule has 2 aliphatic rings. The maximum Gasteiger partial charge on any atom is 0.337 e. The second-order valence-electron chi connectivity index (χ2n) is 11.1. The summed E-state index contributed by atoms with van der Waals surface area (Å²) in [4.78, 5) is 23.2. The lowest BCUT2D eigenvalue weighted by Gasteiger charge is -2.26. The average Bonchev–Trinajstić information content (AvgIpc) is 3.50. The summed E-state index contributed by atoms with van der Waals surface area (Å²) in [5.74, 6) is 0.576. The van der Waals surface area contributed by atoms with Crippen molar-refractivity contribution in [2.45, 2.75) is 104 Å². The number of nitrogens with two attached hydrogens (primary N) is 1. The van der Waals surface area contributed by atoms with Crippen LogP contribution in [0.5, 0.6) is 0 Å². The summed E-state index contributed by atoms with van der Waals surface area (Å²) in [6.45, 7) is 14.9. The van der Waals surface area contributed by atoms with Gasteiger partial charge in [-0.1, -0.05) is 13.8 Å². The van der Waals surface area contributed by atoms with Gasteiger partial charge in [0.2, 0.25) is 0 Å². The van der Waals surface area contributed by atoms with Crippen LogP contribution in [-0.4, -0.2) is 64.7 Å². The molecule has 0 amide bonds. The van der Waals surface area contributed by atoms with E-state index in [1.165, 1.54) is 0 Å². The third-order valence-electron chi connectivity index (χ3n) is 5.63. The Kier molecular flexibility index (Phi) is 9.51. The predicted molar refractivity (Wildman–Crippen MR) is 119 cm³/mol. The van der Waals surface area contributed by atoms with Gasteiger partial charge in [-0.05, 0) is 85.1 Å². The normalized spacial score (nSPS) is 28.9. The van der Waals surface area contributed by atoms with E-state index in [2.05, 4.69) is 19.2 Å². The molecule has 0 saturated heterocycles. The van der Waals surface area contributed by atoms with Gasteiger partial charge < -0.3 is 30.7 Å². The minimum absolute atomic E-state index is 0.190. The molecule has 5 N–H and O–H groups in total. The molecule has 0 spiro atoms. The summed E-state index contributed by atoms with van der Waals surface area (Å²) in [6.07, 6.45) is -0.217. The Bertz CT molecular complexity index is 612. The summed E-state index contributed by atoms with van der Waals surface area (Å²) in [5, 5.41) is 22.6. The lowest BCUT2D eigenvalue weighted by molar-refractivity contribution is -0.167. The van der Waals surface area contributed by atoms with Gasteiger partial charge >= 0.3 is 11.9 Å². The first-order chi connectivity index (χ1) is 14.0. The fraction of sp³-hybridized carbons (Fsp3) is 0.913. The molecule has 0 aromatic carbocycles. The van der Waals surface area contributed by atoms with Crippen LogP contribution in [-0.2, 0) is 19.1 Å². The number of carbonyl (C=O) groups excluding carboxylic acids is 2. The third kappa shape index (κ3) is 9.43. The van der Waals surface area contributed by atoms with Gasteiger partial charge in [-0.25, -0.2) is 9.59 Å². The van der Waals surface area contributed by atoms with Crippen molar-refractivity contribution in [1.29, 1.82) is 0 Å². The smallest absolute Gasteiger partial charge is 0.337 e. The molecular weight excluding hydrogens is 400 g/mol. The number of nitrogens with one attached hydrogen (secondary N) is 1. The largest absolute Gasteiger partial charge is 0.458 e. The van der Waals surface area contributed by atoms with Crippen molar-refractivity contribution in [1.82, 2.24) is 5.32 Å². The number of aliphatic hydroxyl groups is 2. The monoisotopic (exact) mass is 444 g/mol. The predicted octanol–water partition coefficient (Wildman–Crippen LogP) is 1.61. The molecule has 182 valence electrons. The standard InChI is InChI=1S/C12H23NO3.C11H21NO3/c1-7-6-8(7)9(13-5)10(14)11(15)16-12(2,3)4;1-6-5-7(6)8(12)9(13)10(14)15-11(2,3)4/h7-10,13-14H,6H2,1-5H3;6-9,13H,5,12H2,1-4H3/t7-,8-,9-,10+;6-,7-,8-,9+/m00/s1. The minimum Gasteiger partial charge on any atom is -0.458 e. The van der Waals surface area contributed by atoms with Gasteiger partial charge in [0.05, 0.1) is 0 Å². The van der Waals surface area contributed by atoms with Crippen molar-refractivity contribution in [2.24, 2.45) is 29.4 Å². The number of aliphatic hydroxyl groups excluding tert-OH is 2. The Hall–Kier alpha value is -1.22. The van der Waals surface area contributed by atoms with Crippen LogP contribution in [0.2, 0.25) is 0 Å². The van der Waals surface area contributed by atoms with E-state index in [0.29, 0.717) is 17.8 Å². The molecule has 2 aliphatic carbocycles. The summed E-state index contributed by atoms with van der Waals surface area (Å²) >= 11 is 0. The number of hydrogen-bond donors (Lipinski definition) is 4. The quantitative estimate of drug-likeness (QED) is 0.436. The minimum atomic E-state index is -1.20. The first-order valence-corrected chi connectivity index (χ1v) is 11.2. The highest BCUT2D eigenvalue weighted by Crippen LogP contribution is 2.42. The van der Waals surface area contributed by atoms with Crippen LogP contribution in [0.4, 0.5) is 0 Å². The highest BCUT2D eigenvalue weighted by molar-refractivity contribution is 5.76. The molecular formula is C23H44N2O6. The van der Waals surface area contributed by atoms with E-state index < -0.39 is 41.4 Å². The highest BCUT2D eigenvalue weighted by Gasteiger charge is 2.45. The number of rotatable bonds is 7. The topological polar surface area (TPSA) is 131 Å². The number of likely N-dealkylation sites (N-methyl/N-ethyl adjacent to an activating group) is 1. The Labute approximate surface area is 187 Å². The van der Waals surface area contributed by atoms with Gasteiger partial charge in [-0.2, -0.15) is 0 Å². The van der Waals surface area contributed by atoms with Crippen molar-refractivity contribution in [3.63, 3.8) is 0 Å². The number of carbonyl (C=O) groups is 2. The van der Waals surface area contributed by atoms with E-state index in [1.807, 2.05) is 0 Å². The molecule has 0 aromatic heterocycles. The van der Waals surface area contributed by atoms with Crippen LogP contribution in [0.25, 0.3) is 0 Å². The highest BCUT2D eigenvalue weighted by atomic mass is 16.6. The van der Waals surface area contributed by atoms with E-state index in [-0.39, 0.29) is 12.0 Å². The van der Waals surface area contributed by atoms with Crippen molar-refractivity contribution < 1.29 is 29.3 Å². The first kappa shape index (κ1) is 27.8. The number of ether oxygens (including phenoxy) is 2. The van der Waals surface area contributed by atoms with Gasteiger partial charge in [0.1, 0.15) is 11.2 Å². The molecule has 8 heteroatoms. The molecule has 0 aliphatic heterocycles. The second-order valence-corrected chi connectivity index (χ2v) is 11.1. The molecule has 2 saturated carbocycles. The summed E-state index contributed by atoms with van der Waals surface area (Å²) in [6, 6.07) is -0.681. The molecule has 31 heavy (non-hydrogen) atoms. The fourth-order valence-corrected chi connectivity index (χ4v) is 3.61. The lowest BCUT2D eigenvalue weighted by atomic mass is 10.0. The zero-order chi connectivity index (χ0) is 24.3. The maximum absolute atomic E-state index is 11.7. The van der Waals surface area contributed by atoms with E-state index in [4.69, 9.17) is 15.2 Å². The Balaban J connectivity index is 0.000000311. The van der Waals surface area contributed by atoms with Crippen molar-refractivity contribution in [3.8, 4) is 0 Å². The van der Waals surface area contributed by atoms with E-state index in [1.54, 1.807) is 48.6 Å². The Morgan fingerprint density at radius 3 is 1.52 bits per heavy atom. The molecule has 0 bridgehead atoms. The molecule has 2 rings (SSSR count). The van der Waals surface area contributed by atoms with E-state index in [9.17, 15) is 19.8 Å². The molecule has 8 atom stereocenters. The van der Waals surface area contributed by atoms with Crippen molar-refractivity contribution >= 4 is 11.9 Å². The van der Waals surface area contributed by atoms with Crippen LogP contribution in [0.1, 0.15) is 68.2 Å². The number of esters is 2. The number of hydrogen-bond acceptors (Lipinski definition) is 8. The first-order valence-electron chi connectivity index (χ1n) is 11.2. The van der Waals surface area contributed by atoms with Crippen LogP contribution in [0, 0.1) is 23.7 Å². The summed E-state index contributed by atoms with van der Waals surface area (Å²) in [5.41, 5.74) is 4.66. The molecule has 0 unspecified atom stereocenters. The molecule has 0 radical (unpaired) electrons. The lowest BCUT2D eigenvalue weighted by Crippen LogP contribution is -2.47. The molecule has 0 heterocycles. The van der Waals surface area contributed by atoms with Crippen LogP contribution in [0.15, 0.2) is 0 Å². The zero-order valence-electron chi connectivity index (χ0n) is 20.6. The third-order valence-corrected chi connectivity index (χ3v) is 5.63. The van der Waals surface area contributed by atoms with Crippen LogP contribution in [0.3, 0.4) is 0 Å². The zero-order valence-corrected chi connectivity index (χ0v) is 20.6. The second kappa shape index (κ2) is 10.6. The maximum atomic E-state index is 11.7. The van der Waals surface area contributed by atoms with Crippen molar-refractivity contribution in [2.75, 3.05) is 7.05 Å². The molecule has 8 nitrogen and oxygen atoms in total. The molecule has 0 aromatic rings. The molecule has 2 fully saturated rings. The van der Waals surface area contributed by atoms with Gasteiger partial charge in [0, 0.05) is 12.1 Å². The summed E-state index contributed by atoms with van der Waals surface area (Å²) in [7, 11) is 1.77. The average molecular weight is 445 g/mol. The van der Waals surface area contributed by atoms with Gasteiger partial charge in [-0.3, -0.25) is 0 Å². The Morgan fingerprint density at radius 1 is 0.871 bits per heavy atom. The van der Waals surface area contributed by atoms with E-state index in [0.717, 1.165) is 12.8 Å². The van der Waals surface area contributed by atoms with Gasteiger partial charge in [-0.15, -0.1) is 0 Å². The summed E-state index contributed by atoms with van der Waals surface area (Å²) < 4.78 is 10.2. The van der Waals surface area contributed by atoms with Gasteiger partial charge in [0.15, 0.2) is 12.2 Å². The van der Waals surface area contributed by atoms with Crippen LogP contribution < -0.4 is 11.1 Å². The van der Waals surface area contributed by atoms with E-state index >= 15 is 0 Å². The fourth-order valence-electron chi connectivity index (χ4n) is 3.61. The van der Waals surface area contributed by atoms with Crippen LogP contribution >= 0.6 is 0 Å². The SMILES string of the molecule is CN[C@@H]([C@H]1C[C@@H]1C)[C@@H](O)C(=O)OC(C)(C)C.C[C@H]1C[C@@H]1[C@H](N)[C@@H](O)C(=O)OC(C)(C)C. The Morgan fingerprint density at radius 2 is 1.23 bits per heavy atom. The van der Waals surface area contributed by atoms with Crippen molar-refractivity contribution in [3.05, 3.63) is 0 Å². The van der Waals surface area contributed by atoms with Gasteiger partial charge in [0.25, 0.3) is 0 Å².